The van der Waals surface area contributed by atoms with E-state index in [0.29, 0.717) is 35.1 Å². The van der Waals surface area contributed by atoms with Crippen molar-refractivity contribution >= 4 is 35.0 Å². The monoisotopic (exact) mass is 642 g/mol. The summed E-state index contributed by atoms with van der Waals surface area (Å²) < 4.78 is 53.5. The van der Waals surface area contributed by atoms with Crippen molar-refractivity contribution in [2.75, 3.05) is 46.3 Å². The minimum atomic E-state index is -4.76. The standard InChI is InChI=1S/C31H36Cl2F4N4O2/c1-38(16-20-5-7-24(27(34)14-20)31(35,36)37)28-18-40(17-23(28)21-6-8-25(32)26(33)15-21)30(43)19-39-12-9-22(10-13-39)41-11-3-2-4-29(41)42/h5-8,14-15,22-23,28H,2-4,9-13,16-19H2,1H3. The zero-order valence-electron chi connectivity index (χ0n) is 24.1. The SMILES string of the molecule is CN(Cc1ccc(C(F)(F)F)c(F)c1)C1CN(C(=O)CN2CCC(N3CCCCC3=O)CC2)CC1c1ccc(Cl)c(Cl)c1. The van der Waals surface area contributed by atoms with Crippen LogP contribution < -0.4 is 0 Å². The zero-order valence-corrected chi connectivity index (χ0v) is 25.6. The second kappa shape index (κ2) is 13.3. The lowest BCUT2D eigenvalue weighted by molar-refractivity contribution is -0.140. The van der Waals surface area contributed by atoms with Gasteiger partial charge in [-0.3, -0.25) is 19.4 Å². The van der Waals surface area contributed by atoms with Gasteiger partial charge in [-0.2, -0.15) is 13.2 Å². The Kier molecular flexibility index (Phi) is 9.90. The quantitative estimate of drug-likeness (QED) is 0.345. The van der Waals surface area contributed by atoms with Gasteiger partial charge in [0.25, 0.3) is 0 Å². The smallest absolute Gasteiger partial charge is 0.340 e. The first-order valence-electron chi connectivity index (χ1n) is 14.7. The van der Waals surface area contributed by atoms with E-state index in [1.54, 1.807) is 12.1 Å². The number of halogens is 6. The molecule has 2 atom stereocenters. The highest BCUT2D eigenvalue weighted by molar-refractivity contribution is 6.42. The minimum absolute atomic E-state index is 0.00552. The third kappa shape index (κ3) is 7.47. The molecule has 3 saturated heterocycles. The molecule has 3 aliphatic heterocycles. The van der Waals surface area contributed by atoms with Crippen molar-refractivity contribution in [1.29, 1.82) is 0 Å². The van der Waals surface area contributed by atoms with Crippen molar-refractivity contribution < 1.29 is 27.2 Å². The summed E-state index contributed by atoms with van der Waals surface area (Å²) in [4.78, 5) is 33.8. The third-order valence-electron chi connectivity index (χ3n) is 9.07. The van der Waals surface area contributed by atoms with E-state index in [4.69, 9.17) is 23.2 Å². The first-order chi connectivity index (χ1) is 20.4. The molecule has 2 aromatic rings. The molecule has 2 aromatic carbocycles. The molecular formula is C31H36Cl2F4N4O2. The Bertz CT molecular complexity index is 1340. The second-order valence-corrected chi connectivity index (χ2v) is 12.7. The molecule has 2 unspecified atom stereocenters. The summed E-state index contributed by atoms with van der Waals surface area (Å²) in [5.74, 6) is -1.22. The molecule has 3 heterocycles. The van der Waals surface area contributed by atoms with E-state index in [1.165, 1.54) is 6.07 Å². The number of piperidine rings is 2. The fourth-order valence-corrected chi connectivity index (χ4v) is 7.00. The van der Waals surface area contributed by atoms with E-state index in [1.807, 2.05) is 27.8 Å². The van der Waals surface area contributed by atoms with Crippen LogP contribution in [-0.4, -0.2) is 89.8 Å². The maximum Gasteiger partial charge on any atom is 0.419 e. The van der Waals surface area contributed by atoms with Gasteiger partial charge in [0.2, 0.25) is 11.8 Å². The minimum Gasteiger partial charge on any atom is -0.340 e. The van der Waals surface area contributed by atoms with E-state index in [9.17, 15) is 27.2 Å². The molecule has 0 aliphatic carbocycles. The molecule has 3 fully saturated rings. The lowest BCUT2D eigenvalue weighted by atomic mass is 9.93. The van der Waals surface area contributed by atoms with Gasteiger partial charge in [0.15, 0.2) is 0 Å². The molecule has 3 aliphatic rings. The number of alkyl halides is 3. The molecule has 0 aromatic heterocycles. The van der Waals surface area contributed by atoms with Crippen molar-refractivity contribution in [2.24, 2.45) is 0 Å². The molecule has 0 radical (unpaired) electrons. The predicted octanol–water partition coefficient (Wildman–Crippen LogP) is 6.05. The van der Waals surface area contributed by atoms with Crippen LogP contribution in [0.2, 0.25) is 10.0 Å². The highest BCUT2D eigenvalue weighted by Crippen LogP contribution is 2.36. The molecule has 6 nitrogen and oxygen atoms in total. The van der Waals surface area contributed by atoms with Crippen molar-refractivity contribution in [3.63, 3.8) is 0 Å². The number of hydrogen-bond donors (Lipinski definition) is 0. The Morgan fingerprint density at radius 1 is 1.00 bits per heavy atom. The fourth-order valence-electron chi connectivity index (χ4n) is 6.69. The number of amides is 2. The molecule has 12 heteroatoms. The third-order valence-corrected chi connectivity index (χ3v) is 9.81. The second-order valence-electron chi connectivity index (χ2n) is 11.9. The van der Waals surface area contributed by atoms with E-state index in [-0.39, 0.29) is 42.9 Å². The van der Waals surface area contributed by atoms with Gasteiger partial charge in [-0.1, -0.05) is 35.3 Å². The van der Waals surface area contributed by atoms with Gasteiger partial charge < -0.3 is 9.80 Å². The summed E-state index contributed by atoms with van der Waals surface area (Å²) in [6.45, 7) is 3.62. The molecule has 2 amide bonds. The molecular weight excluding hydrogens is 607 g/mol. The summed E-state index contributed by atoms with van der Waals surface area (Å²) in [6.07, 6.45) is -0.445. The van der Waals surface area contributed by atoms with Crippen molar-refractivity contribution in [1.82, 2.24) is 19.6 Å². The molecule has 0 saturated carbocycles. The number of hydrogen-bond acceptors (Lipinski definition) is 4. The van der Waals surface area contributed by atoms with Crippen molar-refractivity contribution in [3.8, 4) is 0 Å². The molecule has 0 N–H and O–H groups in total. The van der Waals surface area contributed by atoms with E-state index < -0.39 is 17.6 Å². The fraction of sp³-hybridized carbons (Fsp3) is 0.548. The Balaban J connectivity index is 1.26. The van der Waals surface area contributed by atoms with Crippen molar-refractivity contribution in [3.05, 3.63) is 69.0 Å². The summed E-state index contributed by atoms with van der Waals surface area (Å²) in [5.41, 5.74) is 0.00433. The first kappa shape index (κ1) is 32.0. The Hall–Kier alpha value is -2.40. The van der Waals surface area contributed by atoms with Crippen LogP contribution in [0.3, 0.4) is 0 Å². The maximum atomic E-state index is 14.3. The number of likely N-dealkylation sites (N-methyl/N-ethyl adjacent to an activating group) is 1. The summed E-state index contributed by atoms with van der Waals surface area (Å²) in [7, 11) is 1.82. The normalized spacial score (nSPS) is 22.6. The number of carbonyl (C=O) groups excluding carboxylic acids is 2. The van der Waals surface area contributed by atoms with Crippen molar-refractivity contribution in [2.45, 2.75) is 62.8 Å². The molecule has 43 heavy (non-hydrogen) atoms. The number of nitrogens with zero attached hydrogens (tertiary/aromatic N) is 4. The van der Waals surface area contributed by atoms with Gasteiger partial charge in [-0.05, 0) is 68.1 Å². The van der Waals surface area contributed by atoms with Gasteiger partial charge in [-0.15, -0.1) is 0 Å². The van der Waals surface area contributed by atoms with Crippen LogP contribution in [0.15, 0.2) is 36.4 Å². The Morgan fingerprint density at radius 3 is 2.40 bits per heavy atom. The van der Waals surface area contributed by atoms with Gasteiger partial charge in [0, 0.05) is 63.7 Å². The van der Waals surface area contributed by atoms with Gasteiger partial charge in [0.05, 0.1) is 22.2 Å². The molecule has 0 bridgehead atoms. The van der Waals surface area contributed by atoms with E-state index >= 15 is 0 Å². The predicted molar refractivity (Wildman–Crippen MR) is 157 cm³/mol. The van der Waals surface area contributed by atoms with E-state index in [2.05, 4.69) is 4.90 Å². The number of benzene rings is 2. The Labute approximate surface area is 259 Å². The lowest BCUT2D eigenvalue weighted by Crippen LogP contribution is -2.50. The van der Waals surface area contributed by atoms with Crippen LogP contribution in [-0.2, 0) is 22.3 Å². The zero-order chi connectivity index (χ0) is 30.9. The van der Waals surface area contributed by atoms with Gasteiger partial charge in [-0.25, -0.2) is 4.39 Å². The van der Waals surface area contributed by atoms with Gasteiger partial charge in [0.1, 0.15) is 5.82 Å². The topological polar surface area (TPSA) is 47.1 Å². The van der Waals surface area contributed by atoms with Crippen LogP contribution >= 0.6 is 23.2 Å². The highest BCUT2D eigenvalue weighted by atomic mass is 35.5. The average Bonchev–Trinajstić information content (AvgIpc) is 3.41. The summed E-state index contributed by atoms with van der Waals surface area (Å²) in [5, 5.41) is 0.807. The Morgan fingerprint density at radius 2 is 1.74 bits per heavy atom. The first-order valence-corrected chi connectivity index (χ1v) is 15.5. The lowest BCUT2D eigenvalue weighted by Gasteiger charge is -2.40. The van der Waals surface area contributed by atoms with Gasteiger partial charge >= 0.3 is 6.18 Å². The van der Waals surface area contributed by atoms with Crippen LogP contribution in [0.4, 0.5) is 17.6 Å². The van der Waals surface area contributed by atoms with Crippen LogP contribution in [0.25, 0.3) is 0 Å². The molecule has 5 rings (SSSR count). The number of rotatable bonds is 7. The number of likely N-dealkylation sites (tertiary alicyclic amines) is 3. The number of carbonyl (C=O) groups is 2. The van der Waals surface area contributed by atoms with Crippen LogP contribution in [0.1, 0.15) is 54.7 Å². The highest BCUT2D eigenvalue weighted by Gasteiger charge is 2.40. The molecule has 234 valence electrons. The largest absolute Gasteiger partial charge is 0.419 e. The summed E-state index contributed by atoms with van der Waals surface area (Å²) in [6, 6.07) is 8.39. The average molecular weight is 644 g/mol. The molecule has 0 spiro atoms. The van der Waals surface area contributed by atoms with Crippen LogP contribution in [0.5, 0.6) is 0 Å². The van der Waals surface area contributed by atoms with E-state index in [0.717, 1.165) is 63.0 Å². The summed E-state index contributed by atoms with van der Waals surface area (Å²) >= 11 is 12.5. The maximum absolute atomic E-state index is 14.3. The van der Waals surface area contributed by atoms with Crippen LogP contribution in [0, 0.1) is 5.82 Å².